The van der Waals surface area contributed by atoms with Crippen molar-refractivity contribution in [3.8, 4) is 0 Å². The van der Waals surface area contributed by atoms with E-state index in [9.17, 15) is 9.59 Å². The van der Waals surface area contributed by atoms with E-state index in [-0.39, 0.29) is 29.0 Å². The number of aryl methyl sites for hydroxylation is 1. The highest BCUT2D eigenvalue weighted by molar-refractivity contribution is 7.99. The molecule has 0 saturated carbocycles. The number of thioether (sulfide) groups is 1. The van der Waals surface area contributed by atoms with Gasteiger partial charge in [0.15, 0.2) is 10.9 Å². The maximum Gasteiger partial charge on any atom is 0.253 e. The van der Waals surface area contributed by atoms with E-state index >= 15 is 0 Å². The highest BCUT2D eigenvalue weighted by Crippen LogP contribution is 2.22. The van der Waals surface area contributed by atoms with Gasteiger partial charge in [-0.15, -0.1) is 0 Å². The Kier molecular flexibility index (Phi) is 5.29. The monoisotopic (exact) mass is 362 g/mol. The summed E-state index contributed by atoms with van der Waals surface area (Å²) < 4.78 is 7.85. The molecule has 0 aliphatic carbocycles. The number of ketones is 1. The normalized spacial score (nSPS) is 17.1. The molecule has 1 saturated heterocycles. The van der Waals surface area contributed by atoms with Crippen LogP contribution in [0, 0.1) is 13.8 Å². The highest BCUT2D eigenvalue weighted by atomic mass is 32.2. The topological polar surface area (TPSA) is 103 Å². The van der Waals surface area contributed by atoms with Crippen molar-refractivity contribution >= 4 is 23.4 Å². The Morgan fingerprint density at radius 1 is 1.48 bits per heavy atom. The van der Waals surface area contributed by atoms with E-state index in [1.165, 1.54) is 17.8 Å². The number of nitrogen functional groups attached to an aromatic ring is 1. The molecule has 0 aromatic carbocycles. The molecule has 0 amide bonds. The number of nitrogens with zero attached hydrogens (tertiary/aromatic N) is 2. The number of nitrogens with one attached hydrogen (secondary N) is 1. The van der Waals surface area contributed by atoms with Crippen molar-refractivity contribution in [2.24, 2.45) is 0 Å². The van der Waals surface area contributed by atoms with Crippen molar-refractivity contribution in [3.05, 3.63) is 39.4 Å². The van der Waals surface area contributed by atoms with E-state index in [0.717, 1.165) is 37.4 Å². The molecule has 134 valence electrons. The molecule has 25 heavy (non-hydrogen) atoms. The van der Waals surface area contributed by atoms with Crippen molar-refractivity contribution in [1.29, 1.82) is 0 Å². The molecule has 1 aliphatic heterocycles. The summed E-state index contributed by atoms with van der Waals surface area (Å²) in [4.78, 5) is 30.6. The molecule has 7 nitrogen and oxygen atoms in total. The number of carbonyl (C=O) groups excluding carboxylic acids is 1. The maximum atomic E-state index is 12.6. The highest BCUT2D eigenvalue weighted by Gasteiger charge is 2.21. The van der Waals surface area contributed by atoms with Crippen LogP contribution in [0.3, 0.4) is 0 Å². The Labute approximate surface area is 150 Å². The zero-order valence-electron chi connectivity index (χ0n) is 14.4. The lowest BCUT2D eigenvalue weighted by molar-refractivity contribution is 0.0957. The Hall–Kier alpha value is -2.06. The van der Waals surface area contributed by atoms with Crippen LogP contribution in [0.5, 0.6) is 0 Å². The van der Waals surface area contributed by atoms with Crippen molar-refractivity contribution in [1.82, 2.24) is 14.5 Å². The first-order valence-electron chi connectivity index (χ1n) is 8.25. The number of Topliss-reactive ketones (excluding diaryl/α,β-unsaturated/α-hetero) is 1. The molecular weight excluding hydrogens is 340 g/mol. The van der Waals surface area contributed by atoms with Gasteiger partial charge in [-0.05, 0) is 32.8 Å². The number of hydrogen-bond donors (Lipinski definition) is 2. The fraction of sp³-hybridized carbons (Fsp3) is 0.471. The van der Waals surface area contributed by atoms with E-state index < -0.39 is 0 Å². The average Bonchev–Trinajstić information content (AvgIpc) is 3.15. The van der Waals surface area contributed by atoms with Crippen LogP contribution in [0.25, 0.3) is 0 Å². The summed E-state index contributed by atoms with van der Waals surface area (Å²) in [6.07, 6.45) is 2.38. The van der Waals surface area contributed by atoms with Crippen LogP contribution in [-0.4, -0.2) is 38.8 Å². The third-order valence-electron chi connectivity index (χ3n) is 4.36. The first-order chi connectivity index (χ1) is 11.9. The molecule has 1 fully saturated rings. The molecule has 0 radical (unpaired) electrons. The van der Waals surface area contributed by atoms with Gasteiger partial charge in [0.1, 0.15) is 5.82 Å². The van der Waals surface area contributed by atoms with E-state index in [2.05, 4.69) is 14.5 Å². The molecule has 0 bridgehead atoms. The molecule has 1 aliphatic rings. The van der Waals surface area contributed by atoms with Gasteiger partial charge in [0.25, 0.3) is 5.56 Å². The van der Waals surface area contributed by atoms with Crippen LogP contribution >= 0.6 is 11.8 Å². The van der Waals surface area contributed by atoms with Gasteiger partial charge < -0.3 is 20.0 Å². The predicted octanol–water partition coefficient (Wildman–Crippen LogP) is 1.92. The number of nitrogens with two attached hydrogens (primary N) is 1. The standard InChI is InChI=1S/C17H22N4O3S/c1-10-6-13(11(2)21(10)8-12-4-3-5-24-12)14(22)9-25-17-19-15(18)7-16(23)20-17/h6-7,12H,3-5,8-9H2,1-2H3,(H3,18,19,20,23)/t12-/m1/s1. The first kappa shape index (κ1) is 17.8. The Balaban J connectivity index is 1.70. The number of hydrogen-bond acceptors (Lipinski definition) is 6. The Morgan fingerprint density at radius 2 is 2.28 bits per heavy atom. The fourth-order valence-corrected chi connectivity index (χ4v) is 3.86. The fourth-order valence-electron chi connectivity index (χ4n) is 3.09. The molecule has 2 aromatic rings. The van der Waals surface area contributed by atoms with Crippen LogP contribution in [0.15, 0.2) is 22.1 Å². The largest absolute Gasteiger partial charge is 0.383 e. The lowest BCUT2D eigenvalue weighted by Gasteiger charge is -2.14. The van der Waals surface area contributed by atoms with Crippen LogP contribution in [-0.2, 0) is 11.3 Å². The summed E-state index contributed by atoms with van der Waals surface area (Å²) in [7, 11) is 0. The number of H-pyrrole nitrogens is 1. The summed E-state index contributed by atoms with van der Waals surface area (Å²) in [5.74, 6) is 0.339. The Morgan fingerprint density at radius 3 is 2.96 bits per heavy atom. The SMILES string of the molecule is Cc1cc(C(=O)CSc2nc(N)cc(=O)[nH]2)c(C)n1C[C@H]1CCCO1. The van der Waals surface area contributed by atoms with Crippen molar-refractivity contribution in [2.45, 2.75) is 44.5 Å². The van der Waals surface area contributed by atoms with E-state index in [1.807, 2.05) is 19.9 Å². The molecule has 8 heteroatoms. The molecular formula is C17H22N4O3S. The van der Waals surface area contributed by atoms with Crippen molar-refractivity contribution in [2.75, 3.05) is 18.1 Å². The second-order valence-electron chi connectivity index (χ2n) is 6.22. The summed E-state index contributed by atoms with van der Waals surface area (Å²) in [5, 5.41) is 0.353. The molecule has 0 spiro atoms. The lowest BCUT2D eigenvalue weighted by Crippen LogP contribution is -2.17. The van der Waals surface area contributed by atoms with E-state index in [0.29, 0.717) is 10.7 Å². The minimum absolute atomic E-state index is 0.00163. The van der Waals surface area contributed by atoms with Crippen molar-refractivity contribution in [3.63, 3.8) is 0 Å². The van der Waals surface area contributed by atoms with Gasteiger partial charge in [-0.3, -0.25) is 9.59 Å². The zero-order chi connectivity index (χ0) is 18.0. The summed E-state index contributed by atoms with van der Waals surface area (Å²) in [6.45, 7) is 5.56. The first-order valence-corrected chi connectivity index (χ1v) is 9.24. The Bertz CT molecular complexity index is 837. The molecule has 3 rings (SSSR count). The lowest BCUT2D eigenvalue weighted by atomic mass is 10.2. The minimum Gasteiger partial charge on any atom is -0.383 e. The smallest absolute Gasteiger partial charge is 0.253 e. The van der Waals surface area contributed by atoms with Gasteiger partial charge in [0.2, 0.25) is 0 Å². The van der Waals surface area contributed by atoms with Crippen LogP contribution in [0.2, 0.25) is 0 Å². The second-order valence-corrected chi connectivity index (χ2v) is 7.18. The summed E-state index contributed by atoms with van der Waals surface area (Å²) in [5.41, 5.74) is 7.94. The number of rotatable bonds is 6. The van der Waals surface area contributed by atoms with Gasteiger partial charge in [-0.2, -0.15) is 0 Å². The van der Waals surface area contributed by atoms with Gasteiger partial charge >= 0.3 is 0 Å². The number of aromatic nitrogens is 3. The molecule has 3 heterocycles. The molecule has 2 aromatic heterocycles. The van der Waals surface area contributed by atoms with Crippen molar-refractivity contribution < 1.29 is 9.53 Å². The van der Waals surface area contributed by atoms with E-state index in [4.69, 9.17) is 10.5 Å². The second kappa shape index (κ2) is 7.45. The minimum atomic E-state index is -0.322. The van der Waals surface area contributed by atoms with Crippen LogP contribution in [0.1, 0.15) is 34.6 Å². The summed E-state index contributed by atoms with van der Waals surface area (Å²) in [6, 6.07) is 3.13. The third kappa shape index (κ3) is 4.13. The molecule has 0 unspecified atom stereocenters. The third-order valence-corrected chi connectivity index (χ3v) is 5.24. The maximum absolute atomic E-state index is 12.6. The number of ether oxygens (including phenoxy) is 1. The predicted molar refractivity (Wildman–Crippen MR) is 97.2 cm³/mol. The quantitative estimate of drug-likeness (QED) is 0.462. The van der Waals surface area contributed by atoms with Gasteiger partial charge in [-0.1, -0.05) is 11.8 Å². The van der Waals surface area contributed by atoms with Gasteiger partial charge in [0, 0.05) is 36.2 Å². The van der Waals surface area contributed by atoms with E-state index in [1.54, 1.807) is 0 Å². The van der Waals surface area contributed by atoms with Crippen LogP contribution < -0.4 is 11.3 Å². The average molecular weight is 362 g/mol. The van der Waals surface area contributed by atoms with Gasteiger partial charge in [-0.25, -0.2) is 4.98 Å². The number of aromatic amines is 1. The summed E-state index contributed by atoms with van der Waals surface area (Å²) >= 11 is 1.18. The zero-order valence-corrected chi connectivity index (χ0v) is 15.2. The number of anilines is 1. The molecule has 1 atom stereocenters. The van der Waals surface area contributed by atoms with Gasteiger partial charge in [0.05, 0.1) is 11.9 Å². The molecule has 3 N–H and O–H groups in total. The van der Waals surface area contributed by atoms with Crippen LogP contribution in [0.4, 0.5) is 5.82 Å². The number of carbonyl (C=O) groups is 1.